The number of fused-ring (bicyclic) bond motifs is 5. The Kier molecular flexibility index (Phi) is 2.68. The van der Waals surface area contributed by atoms with Crippen LogP contribution in [0.5, 0.6) is 0 Å². The molecule has 0 atom stereocenters. The lowest BCUT2D eigenvalue weighted by molar-refractivity contribution is 0.934. The Bertz CT molecular complexity index is 1010. The fraction of sp³-hybridized carbons (Fsp3) is 0.0909. The average Bonchev–Trinajstić information content (AvgIpc) is 2.97. The molecule has 1 aromatic heterocycles. The van der Waals surface area contributed by atoms with Crippen LogP contribution in [-0.2, 0) is 12.8 Å². The summed E-state index contributed by atoms with van der Waals surface area (Å²) in [6.07, 6.45) is 2.25. The molecule has 0 radical (unpaired) electrons. The number of aromatic nitrogens is 1. The van der Waals surface area contributed by atoms with E-state index in [2.05, 4.69) is 83.4 Å². The van der Waals surface area contributed by atoms with Crippen LogP contribution in [0, 0.1) is 0 Å². The van der Waals surface area contributed by atoms with Gasteiger partial charge in [0.1, 0.15) is 0 Å². The first kappa shape index (κ1) is 12.7. The average molecular weight is 295 g/mol. The molecule has 3 aromatic carbocycles. The van der Waals surface area contributed by atoms with Crippen LogP contribution in [0.1, 0.15) is 11.1 Å². The maximum Gasteiger partial charge on any atom is 0.0575 e. The normalized spacial score (nSPS) is 12.9. The third kappa shape index (κ3) is 1.80. The second kappa shape index (κ2) is 4.85. The minimum absolute atomic E-state index is 1.12. The van der Waals surface area contributed by atoms with Gasteiger partial charge in [-0.05, 0) is 42.2 Å². The van der Waals surface area contributed by atoms with Crippen molar-refractivity contribution in [1.29, 1.82) is 0 Å². The lowest BCUT2D eigenvalue weighted by atomic mass is 9.89. The maximum absolute atomic E-state index is 2.43. The smallest absolute Gasteiger partial charge is 0.0575 e. The van der Waals surface area contributed by atoms with E-state index in [0.717, 1.165) is 12.8 Å². The van der Waals surface area contributed by atoms with Gasteiger partial charge in [0.05, 0.1) is 11.2 Å². The highest BCUT2D eigenvalue weighted by molar-refractivity contribution is 5.95. The van der Waals surface area contributed by atoms with E-state index in [-0.39, 0.29) is 0 Å². The molecule has 0 bridgehead atoms. The van der Waals surface area contributed by atoms with Crippen LogP contribution >= 0.6 is 0 Å². The molecule has 1 aliphatic carbocycles. The van der Waals surface area contributed by atoms with Crippen LogP contribution in [-0.4, -0.2) is 4.57 Å². The predicted molar refractivity (Wildman–Crippen MR) is 96.1 cm³/mol. The molecule has 1 nitrogen and oxygen atoms in total. The van der Waals surface area contributed by atoms with Crippen LogP contribution in [0.4, 0.5) is 0 Å². The summed E-state index contributed by atoms with van der Waals surface area (Å²) < 4.78 is 2.43. The molecule has 5 rings (SSSR count). The van der Waals surface area contributed by atoms with Crippen LogP contribution in [0.15, 0.2) is 78.9 Å². The minimum Gasteiger partial charge on any atom is -0.309 e. The van der Waals surface area contributed by atoms with E-state index < -0.39 is 0 Å². The summed E-state index contributed by atoms with van der Waals surface area (Å²) in [6.45, 7) is 0. The van der Waals surface area contributed by atoms with Gasteiger partial charge in [-0.1, -0.05) is 60.7 Å². The molecule has 1 aliphatic rings. The van der Waals surface area contributed by atoms with E-state index in [9.17, 15) is 0 Å². The Morgan fingerprint density at radius 1 is 0.652 bits per heavy atom. The van der Waals surface area contributed by atoms with Gasteiger partial charge in [-0.2, -0.15) is 0 Å². The molecular weight excluding hydrogens is 278 g/mol. The van der Waals surface area contributed by atoms with Crippen molar-refractivity contribution in [2.24, 2.45) is 0 Å². The SMILES string of the molecule is c1ccc(-n2c3c(c4ccccc42)CCc2ccccc2-3)cc1. The lowest BCUT2D eigenvalue weighted by Crippen LogP contribution is -2.06. The summed E-state index contributed by atoms with van der Waals surface area (Å²) in [5.74, 6) is 0. The van der Waals surface area contributed by atoms with E-state index in [1.165, 1.54) is 39.0 Å². The van der Waals surface area contributed by atoms with Gasteiger partial charge >= 0.3 is 0 Å². The Hall–Kier alpha value is -2.80. The van der Waals surface area contributed by atoms with Crippen LogP contribution in [0.2, 0.25) is 0 Å². The third-order valence-electron chi connectivity index (χ3n) is 4.91. The van der Waals surface area contributed by atoms with Crippen molar-refractivity contribution < 1.29 is 0 Å². The van der Waals surface area contributed by atoms with Gasteiger partial charge in [-0.25, -0.2) is 0 Å². The highest BCUT2D eigenvalue weighted by Gasteiger charge is 2.24. The van der Waals surface area contributed by atoms with Crippen molar-refractivity contribution in [1.82, 2.24) is 4.57 Å². The first-order valence-electron chi connectivity index (χ1n) is 8.19. The quantitative estimate of drug-likeness (QED) is 0.443. The summed E-state index contributed by atoms with van der Waals surface area (Å²) in [5.41, 5.74) is 8.25. The Labute approximate surface area is 135 Å². The number of hydrogen-bond donors (Lipinski definition) is 0. The predicted octanol–water partition coefficient (Wildman–Crippen LogP) is 5.40. The topological polar surface area (TPSA) is 4.93 Å². The van der Waals surface area contributed by atoms with Gasteiger partial charge in [0.2, 0.25) is 0 Å². The Morgan fingerprint density at radius 3 is 2.30 bits per heavy atom. The van der Waals surface area contributed by atoms with Gasteiger partial charge in [0.15, 0.2) is 0 Å². The van der Waals surface area contributed by atoms with E-state index in [1.807, 2.05) is 0 Å². The van der Waals surface area contributed by atoms with Crippen molar-refractivity contribution in [2.45, 2.75) is 12.8 Å². The van der Waals surface area contributed by atoms with Gasteiger partial charge in [-0.15, -0.1) is 0 Å². The van der Waals surface area contributed by atoms with E-state index in [1.54, 1.807) is 0 Å². The molecule has 1 heteroatoms. The van der Waals surface area contributed by atoms with Gasteiger partial charge in [-0.3, -0.25) is 0 Å². The Balaban J connectivity index is 1.95. The first-order chi connectivity index (χ1) is 11.4. The summed E-state index contributed by atoms with van der Waals surface area (Å²) >= 11 is 0. The maximum atomic E-state index is 2.43. The second-order valence-corrected chi connectivity index (χ2v) is 6.17. The van der Waals surface area contributed by atoms with E-state index in [4.69, 9.17) is 0 Å². The fourth-order valence-corrected chi connectivity index (χ4v) is 3.92. The van der Waals surface area contributed by atoms with Crippen LogP contribution in [0.25, 0.3) is 27.8 Å². The fourth-order valence-electron chi connectivity index (χ4n) is 3.92. The Morgan fingerprint density at radius 2 is 1.39 bits per heavy atom. The molecule has 1 heterocycles. The summed E-state index contributed by atoms with van der Waals surface area (Å²) in [5, 5.41) is 1.39. The number of hydrogen-bond acceptors (Lipinski definition) is 0. The number of nitrogens with zero attached hydrogens (tertiary/aromatic N) is 1. The van der Waals surface area contributed by atoms with Gasteiger partial charge in [0.25, 0.3) is 0 Å². The number of aryl methyl sites for hydroxylation is 2. The van der Waals surface area contributed by atoms with E-state index >= 15 is 0 Å². The van der Waals surface area contributed by atoms with Crippen LogP contribution < -0.4 is 0 Å². The summed E-state index contributed by atoms with van der Waals surface area (Å²) in [7, 11) is 0. The molecular formula is C22H17N. The molecule has 0 unspecified atom stereocenters. The lowest BCUT2D eigenvalue weighted by Gasteiger charge is -2.20. The van der Waals surface area contributed by atoms with Crippen LogP contribution in [0.3, 0.4) is 0 Å². The molecule has 4 aromatic rings. The molecule has 0 N–H and O–H groups in total. The minimum atomic E-state index is 1.12. The molecule has 0 aliphatic heterocycles. The summed E-state index contributed by atoms with van der Waals surface area (Å²) in [6, 6.07) is 28.3. The van der Waals surface area contributed by atoms with Crippen molar-refractivity contribution in [3.63, 3.8) is 0 Å². The highest BCUT2D eigenvalue weighted by Crippen LogP contribution is 2.41. The van der Waals surface area contributed by atoms with Gasteiger partial charge in [0, 0.05) is 16.6 Å². The zero-order valence-corrected chi connectivity index (χ0v) is 12.9. The zero-order valence-electron chi connectivity index (χ0n) is 12.9. The molecule has 0 amide bonds. The molecule has 0 saturated heterocycles. The summed E-state index contributed by atoms with van der Waals surface area (Å²) in [4.78, 5) is 0. The van der Waals surface area contributed by atoms with Crippen molar-refractivity contribution in [3.05, 3.63) is 90.0 Å². The second-order valence-electron chi connectivity index (χ2n) is 6.17. The monoisotopic (exact) mass is 295 g/mol. The third-order valence-corrected chi connectivity index (χ3v) is 4.91. The highest BCUT2D eigenvalue weighted by atomic mass is 15.0. The van der Waals surface area contributed by atoms with Crippen molar-refractivity contribution in [2.75, 3.05) is 0 Å². The molecule has 110 valence electrons. The van der Waals surface area contributed by atoms with Crippen molar-refractivity contribution >= 4 is 10.9 Å². The molecule has 23 heavy (non-hydrogen) atoms. The molecule has 0 spiro atoms. The van der Waals surface area contributed by atoms with Gasteiger partial charge < -0.3 is 4.57 Å². The molecule has 0 fully saturated rings. The molecule has 0 saturated carbocycles. The number of para-hydroxylation sites is 2. The first-order valence-corrected chi connectivity index (χ1v) is 8.19. The number of rotatable bonds is 1. The standard InChI is InChI=1S/C22H17N/c1-2-9-17(10-3-1)23-21-13-7-6-12-19(21)20-15-14-16-8-4-5-11-18(16)22(20)23/h1-13H,14-15H2. The number of benzene rings is 3. The van der Waals surface area contributed by atoms with Crippen molar-refractivity contribution in [3.8, 4) is 16.9 Å². The zero-order chi connectivity index (χ0) is 15.2. The largest absolute Gasteiger partial charge is 0.309 e. The van der Waals surface area contributed by atoms with E-state index in [0.29, 0.717) is 0 Å².